The molecule has 0 atom stereocenters. The van der Waals surface area contributed by atoms with Gasteiger partial charge in [0.1, 0.15) is 5.75 Å². The van der Waals surface area contributed by atoms with Gasteiger partial charge < -0.3 is 14.0 Å². The number of rotatable bonds is 10. The SMILES string of the molecule is CCCCCOc1cccc(C(=O)N=c2sc3cc(S(C)(=O)=O)ccc3n2CCOC)c1. The number of fused-ring (bicyclic) bond motifs is 1. The Balaban J connectivity index is 1.96. The summed E-state index contributed by atoms with van der Waals surface area (Å²) in [5, 5.41) is 0. The van der Waals surface area contributed by atoms with Crippen LogP contribution in [0.1, 0.15) is 36.5 Å². The van der Waals surface area contributed by atoms with E-state index < -0.39 is 9.84 Å². The zero-order valence-electron chi connectivity index (χ0n) is 18.5. The highest BCUT2D eigenvalue weighted by molar-refractivity contribution is 7.90. The predicted molar refractivity (Wildman–Crippen MR) is 126 cm³/mol. The van der Waals surface area contributed by atoms with Crippen molar-refractivity contribution in [3.05, 3.63) is 52.8 Å². The van der Waals surface area contributed by atoms with Crippen LogP contribution in [0.25, 0.3) is 10.2 Å². The predicted octanol–water partition coefficient (Wildman–Crippen LogP) is 4.06. The molecular formula is C23H28N2O5S2. The summed E-state index contributed by atoms with van der Waals surface area (Å²) in [6.07, 6.45) is 4.36. The van der Waals surface area contributed by atoms with Crippen molar-refractivity contribution in [3.63, 3.8) is 0 Å². The first-order valence-corrected chi connectivity index (χ1v) is 13.2. The Bertz CT molecular complexity index is 1260. The van der Waals surface area contributed by atoms with Gasteiger partial charge in [0.25, 0.3) is 5.91 Å². The van der Waals surface area contributed by atoms with E-state index in [0.29, 0.717) is 35.9 Å². The number of ether oxygens (including phenoxy) is 2. The Morgan fingerprint density at radius 3 is 2.66 bits per heavy atom. The first kappa shape index (κ1) is 24.2. The monoisotopic (exact) mass is 476 g/mol. The van der Waals surface area contributed by atoms with Crippen LogP contribution in [0.15, 0.2) is 52.4 Å². The van der Waals surface area contributed by atoms with Crippen LogP contribution in [0, 0.1) is 0 Å². The van der Waals surface area contributed by atoms with Crippen molar-refractivity contribution in [2.45, 2.75) is 37.6 Å². The van der Waals surface area contributed by atoms with Crippen molar-refractivity contribution in [3.8, 4) is 5.75 Å². The van der Waals surface area contributed by atoms with Crippen molar-refractivity contribution >= 4 is 37.3 Å². The number of benzene rings is 2. The van der Waals surface area contributed by atoms with Crippen LogP contribution in [-0.4, -0.2) is 45.5 Å². The lowest BCUT2D eigenvalue weighted by Gasteiger charge is -2.07. The molecule has 1 heterocycles. The number of sulfone groups is 1. The molecule has 32 heavy (non-hydrogen) atoms. The van der Waals surface area contributed by atoms with Crippen LogP contribution < -0.4 is 9.54 Å². The number of hydrogen-bond donors (Lipinski definition) is 0. The van der Waals surface area contributed by atoms with E-state index in [1.165, 1.54) is 17.6 Å². The smallest absolute Gasteiger partial charge is 0.279 e. The number of carbonyl (C=O) groups excluding carboxylic acids is 1. The molecule has 0 saturated carbocycles. The minimum Gasteiger partial charge on any atom is -0.494 e. The number of amides is 1. The number of carbonyl (C=O) groups is 1. The molecule has 0 saturated heterocycles. The normalized spacial score (nSPS) is 12.4. The van der Waals surface area contributed by atoms with Crippen molar-refractivity contribution in [2.24, 2.45) is 4.99 Å². The molecule has 1 aromatic heterocycles. The molecule has 0 fully saturated rings. The van der Waals surface area contributed by atoms with Gasteiger partial charge in [0.2, 0.25) is 0 Å². The highest BCUT2D eigenvalue weighted by atomic mass is 32.2. The number of hydrogen-bond acceptors (Lipinski definition) is 6. The van der Waals surface area contributed by atoms with Crippen LogP contribution >= 0.6 is 11.3 Å². The van der Waals surface area contributed by atoms with E-state index in [9.17, 15) is 13.2 Å². The number of aromatic nitrogens is 1. The molecular weight excluding hydrogens is 448 g/mol. The lowest BCUT2D eigenvalue weighted by Crippen LogP contribution is -2.19. The molecule has 0 aliphatic rings. The third-order valence-electron chi connectivity index (χ3n) is 4.90. The van der Waals surface area contributed by atoms with E-state index in [4.69, 9.17) is 9.47 Å². The van der Waals surface area contributed by atoms with E-state index in [-0.39, 0.29) is 10.8 Å². The second kappa shape index (κ2) is 10.9. The van der Waals surface area contributed by atoms with Crippen LogP contribution in [0.4, 0.5) is 0 Å². The maximum atomic E-state index is 12.9. The van der Waals surface area contributed by atoms with E-state index in [1.54, 1.807) is 43.5 Å². The van der Waals surface area contributed by atoms with E-state index in [2.05, 4.69) is 11.9 Å². The minimum atomic E-state index is -3.34. The third-order valence-corrected chi connectivity index (χ3v) is 7.05. The maximum absolute atomic E-state index is 12.9. The van der Waals surface area contributed by atoms with Gasteiger partial charge in [-0.05, 0) is 42.8 Å². The Labute approximate surface area is 192 Å². The molecule has 9 heteroatoms. The molecule has 3 rings (SSSR count). The fraction of sp³-hybridized carbons (Fsp3) is 0.391. The van der Waals surface area contributed by atoms with Gasteiger partial charge in [-0.25, -0.2) is 8.42 Å². The fourth-order valence-corrected chi connectivity index (χ4v) is 5.00. The van der Waals surface area contributed by atoms with Crippen LogP contribution in [0.2, 0.25) is 0 Å². The molecule has 172 valence electrons. The summed E-state index contributed by atoms with van der Waals surface area (Å²) in [6.45, 7) is 3.66. The standard InChI is InChI=1S/C23H28N2O5S2/c1-4-5-6-13-30-18-9-7-8-17(15-18)22(26)24-23-25(12-14-29-2)20-11-10-19(32(3,27)28)16-21(20)31-23/h7-11,15-16H,4-6,12-14H2,1-3H3. The van der Waals surface area contributed by atoms with Gasteiger partial charge in [-0.2, -0.15) is 4.99 Å². The zero-order valence-corrected chi connectivity index (χ0v) is 20.2. The first-order valence-electron chi connectivity index (χ1n) is 10.5. The Kier molecular flexibility index (Phi) is 8.22. The summed E-state index contributed by atoms with van der Waals surface area (Å²) < 4.78 is 37.4. The van der Waals surface area contributed by atoms with Gasteiger partial charge in [0.05, 0.1) is 28.3 Å². The maximum Gasteiger partial charge on any atom is 0.279 e. The lowest BCUT2D eigenvalue weighted by molar-refractivity contribution is 0.0997. The van der Waals surface area contributed by atoms with Crippen molar-refractivity contribution < 1.29 is 22.7 Å². The van der Waals surface area contributed by atoms with Crippen LogP contribution in [0.5, 0.6) is 5.75 Å². The Morgan fingerprint density at radius 2 is 1.94 bits per heavy atom. The minimum absolute atomic E-state index is 0.232. The Morgan fingerprint density at radius 1 is 1.12 bits per heavy atom. The summed E-state index contributed by atoms with van der Waals surface area (Å²) in [6, 6.07) is 11.9. The van der Waals surface area contributed by atoms with E-state index >= 15 is 0 Å². The van der Waals surface area contributed by atoms with Gasteiger partial charge in [-0.15, -0.1) is 0 Å². The molecule has 0 spiro atoms. The van der Waals surface area contributed by atoms with Crippen molar-refractivity contribution in [1.29, 1.82) is 0 Å². The summed E-state index contributed by atoms with van der Waals surface area (Å²) in [5.41, 5.74) is 1.24. The average Bonchev–Trinajstić information content (AvgIpc) is 3.11. The third kappa shape index (κ3) is 6.05. The molecule has 0 aliphatic heterocycles. The first-order chi connectivity index (χ1) is 15.3. The van der Waals surface area contributed by atoms with Crippen LogP contribution in [0.3, 0.4) is 0 Å². The number of methoxy groups -OCH3 is 1. The molecule has 0 unspecified atom stereocenters. The van der Waals surface area contributed by atoms with Gasteiger partial charge in [-0.1, -0.05) is 37.2 Å². The number of thiazole rings is 1. The van der Waals surface area contributed by atoms with E-state index in [1.807, 2.05) is 10.6 Å². The molecule has 0 radical (unpaired) electrons. The molecule has 2 aromatic carbocycles. The molecule has 7 nitrogen and oxygen atoms in total. The molecule has 0 N–H and O–H groups in total. The molecule has 0 bridgehead atoms. The van der Waals surface area contributed by atoms with Crippen molar-refractivity contribution in [1.82, 2.24) is 4.57 Å². The Hall–Kier alpha value is -2.49. The largest absolute Gasteiger partial charge is 0.494 e. The second-order valence-electron chi connectivity index (χ2n) is 7.43. The quantitative estimate of drug-likeness (QED) is 0.412. The fourth-order valence-electron chi connectivity index (χ4n) is 3.18. The summed E-state index contributed by atoms with van der Waals surface area (Å²) in [4.78, 5) is 18.0. The summed E-state index contributed by atoms with van der Waals surface area (Å²) >= 11 is 1.28. The van der Waals surface area contributed by atoms with Gasteiger partial charge >= 0.3 is 0 Å². The molecule has 0 aliphatic carbocycles. The van der Waals surface area contributed by atoms with Crippen molar-refractivity contribution in [2.75, 3.05) is 26.6 Å². The number of unbranched alkanes of at least 4 members (excludes halogenated alkanes) is 2. The number of nitrogens with zero attached hydrogens (tertiary/aromatic N) is 2. The second-order valence-corrected chi connectivity index (χ2v) is 10.5. The van der Waals surface area contributed by atoms with Gasteiger partial charge in [-0.3, -0.25) is 4.79 Å². The van der Waals surface area contributed by atoms with Crippen LogP contribution in [-0.2, 0) is 21.1 Å². The summed E-state index contributed by atoms with van der Waals surface area (Å²) in [7, 11) is -1.73. The average molecular weight is 477 g/mol. The van der Waals surface area contributed by atoms with E-state index in [0.717, 1.165) is 29.5 Å². The molecule has 3 aromatic rings. The molecule has 1 amide bonds. The summed E-state index contributed by atoms with van der Waals surface area (Å²) in [5.74, 6) is 0.258. The zero-order chi connectivity index (χ0) is 23.1. The van der Waals surface area contributed by atoms with Gasteiger partial charge in [0, 0.05) is 25.5 Å². The highest BCUT2D eigenvalue weighted by Crippen LogP contribution is 2.22. The lowest BCUT2D eigenvalue weighted by atomic mass is 10.2. The highest BCUT2D eigenvalue weighted by Gasteiger charge is 2.13. The topological polar surface area (TPSA) is 87.0 Å². The van der Waals surface area contributed by atoms with Gasteiger partial charge in [0.15, 0.2) is 14.6 Å².